The minimum Gasteiger partial charge on any atom is -0.309 e. The minimum absolute atomic E-state index is 0.441. The Bertz CT molecular complexity index is 528. The van der Waals surface area contributed by atoms with Gasteiger partial charge < -0.3 is 5.32 Å². The number of fused-ring (bicyclic) bond motifs is 2. The number of halogens is 2. The molecule has 2 fully saturated rings. The molecule has 0 amide bonds. The summed E-state index contributed by atoms with van der Waals surface area (Å²) in [6, 6.07) is 6.69. The van der Waals surface area contributed by atoms with Gasteiger partial charge in [0.15, 0.2) is 0 Å². The molecule has 2 aliphatic rings. The average Bonchev–Trinajstić information content (AvgIpc) is 2.70. The quantitative estimate of drug-likeness (QED) is 0.764. The van der Waals surface area contributed by atoms with Crippen molar-refractivity contribution in [2.45, 2.75) is 52.6 Å². The maximum atomic E-state index is 6.00. The van der Waals surface area contributed by atoms with E-state index in [1.807, 2.05) is 12.1 Å². The van der Waals surface area contributed by atoms with Crippen LogP contribution < -0.4 is 5.32 Å². The van der Waals surface area contributed by atoms with Gasteiger partial charge in [-0.1, -0.05) is 54.4 Å². The molecule has 0 radical (unpaired) electrons. The van der Waals surface area contributed by atoms with Gasteiger partial charge in [-0.05, 0) is 53.7 Å². The Morgan fingerprint density at radius 3 is 2.65 bits per heavy atom. The molecule has 110 valence electrons. The fourth-order valence-corrected chi connectivity index (χ4v) is 5.23. The van der Waals surface area contributed by atoms with E-state index in [0.717, 1.165) is 22.0 Å². The number of benzene rings is 1. The van der Waals surface area contributed by atoms with E-state index >= 15 is 0 Å². The maximum absolute atomic E-state index is 6.00. The van der Waals surface area contributed by atoms with Gasteiger partial charge in [-0.15, -0.1) is 0 Å². The molecule has 3 unspecified atom stereocenters. The predicted octanol–water partition coefficient (Wildman–Crippen LogP) is 5.41. The van der Waals surface area contributed by atoms with E-state index < -0.39 is 0 Å². The van der Waals surface area contributed by atoms with E-state index in [4.69, 9.17) is 11.6 Å². The molecule has 3 heteroatoms. The Morgan fingerprint density at radius 1 is 1.35 bits per heavy atom. The first-order valence-electron chi connectivity index (χ1n) is 7.52. The summed E-state index contributed by atoms with van der Waals surface area (Å²) < 4.78 is 1.10. The van der Waals surface area contributed by atoms with Crippen LogP contribution in [0.4, 0.5) is 0 Å². The third kappa shape index (κ3) is 2.15. The standard InChI is InChI=1S/C17H23BrClN/c1-16(2)12-6-7-17(16,3)15(8-12)20-10-11-4-5-13(19)9-14(11)18/h4-5,9,12,15,20H,6-8,10H2,1-3H3. The molecule has 0 saturated heterocycles. The van der Waals surface area contributed by atoms with Crippen LogP contribution in [-0.4, -0.2) is 6.04 Å². The van der Waals surface area contributed by atoms with Crippen LogP contribution in [0.5, 0.6) is 0 Å². The number of hydrogen-bond donors (Lipinski definition) is 1. The van der Waals surface area contributed by atoms with Crippen LogP contribution >= 0.6 is 27.5 Å². The molecule has 1 aromatic carbocycles. The van der Waals surface area contributed by atoms with Crippen LogP contribution in [0.1, 0.15) is 45.6 Å². The molecular weight excluding hydrogens is 334 g/mol. The van der Waals surface area contributed by atoms with Gasteiger partial charge in [-0.3, -0.25) is 0 Å². The zero-order valence-electron chi connectivity index (χ0n) is 12.5. The summed E-state index contributed by atoms with van der Waals surface area (Å²) in [7, 11) is 0. The molecule has 1 aromatic rings. The summed E-state index contributed by atoms with van der Waals surface area (Å²) in [5, 5.41) is 4.60. The van der Waals surface area contributed by atoms with Crippen LogP contribution in [0.15, 0.2) is 22.7 Å². The van der Waals surface area contributed by atoms with E-state index in [-0.39, 0.29) is 0 Å². The van der Waals surface area contributed by atoms with Gasteiger partial charge in [0.2, 0.25) is 0 Å². The molecule has 1 N–H and O–H groups in total. The summed E-state index contributed by atoms with van der Waals surface area (Å²) in [6.45, 7) is 8.32. The molecule has 3 rings (SSSR count). The number of hydrogen-bond acceptors (Lipinski definition) is 1. The van der Waals surface area contributed by atoms with Crippen molar-refractivity contribution in [2.24, 2.45) is 16.7 Å². The molecule has 0 aromatic heterocycles. The Labute approximate surface area is 135 Å². The molecule has 2 saturated carbocycles. The molecular formula is C17H23BrClN. The predicted molar refractivity (Wildman–Crippen MR) is 89.0 cm³/mol. The summed E-state index contributed by atoms with van der Waals surface area (Å²) in [6.07, 6.45) is 4.10. The fourth-order valence-electron chi connectivity index (χ4n) is 4.41. The Kier molecular flexibility index (Phi) is 3.72. The van der Waals surface area contributed by atoms with Gasteiger partial charge in [0.1, 0.15) is 0 Å². The summed E-state index contributed by atoms with van der Waals surface area (Å²) in [5.41, 5.74) is 2.21. The van der Waals surface area contributed by atoms with Crippen molar-refractivity contribution in [1.82, 2.24) is 5.32 Å². The van der Waals surface area contributed by atoms with Crippen molar-refractivity contribution in [3.05, 3.63) is 33.3 Å². The highest BCUT2D eigenvalue weighted by molar-refractivity contribution is 9.10. The van der Waals surface area contributed by atoms with Crippen LogP contribution in [0.2, 0.25) is 5.02 Å². The largest absolute Gasteiger partial charge is 0.309 e. The highest BCUT2D eigenvalue weighted by atomic mass is 79.9. The third-order valence-electron chi connectivity index (χ3n) is 6.35. The summed E-state index contributed by atoms with van der Waals surface area (Å²) >= 11 is 9.61. The molecule has 2 aliphatic carbocycles. The molecule has 3 atom stereocenters. The molecule has 2 bridgehead atoms. The van der Waals surface area contributed by atoms with Gasteiger partial charge in [0.05, 0.1) is 0 Å². The second-order valence-electron chi connectivity index (χ2n) is 7.28. The lowest BCUT2D eigenvalue weighted by atomic mass is 9.69. The average molecular weight is 357 g/mol. The smallest absolute Gasteiger partial charge is 0.0417 e. The van der Waals surface area contributed by atoms with Crippen LogP contribution in [0, 0.1) is 16.7 Å². The van der Waals surface area contributed by atoms with E-state index in [2.05, 4.69) is 48.1 Å². The number of rotatable bonds is 3. The first-order chi connectivity index (χ1) is 9.34. The monoisotopic (exact) mass is 355 g/mol. The van der Waals surface area contributed by atoms with Gasteiger partial charge in [-0.2, -0.15) is 0 Å². The van der Waals surface area contributed by atoms with E-state index in [1.54, 1.807) is 0 Å². The molecule has 1 nitrogen and oxygen atoms in total. The van der Waals surface area contributed by atoms with Crippen molar-refractivity contribution < 1.29 is 0 Å². The lowest BCUT2D eigenvalue weighted by molar-refractivity contribution is 0.120. The van der Waals surface area contributed by atoms with Crippen molar-refractivity contribution in [3.8, 4) is 0 Å². The molecule has 20 heavy (non-hydrogen) atoms. The lowest BCUT2D eigenvalue weighted by Gasteiger charge is -2.39. The first kappa shape index (κ1) is 14.9. The highest BCUT2D eigenvalue weighted by Gasteiger charge is 2.60. The SMILES string of the molecule is CC1(C)C2CCC1(C)C(NCc1ccc(Cl)cc1Br)C2. The molecule has 0 heterocycles. The normalized spacial score (nSPS) is 34.6. The van der Waals surface area contributed by atoms with Crippen LogP contribution in [0.3, 0.4) is 0 Å². The van der Waals surface area contributed by atoms with Crippen molar-refractivity contribution in [1.29, 1.82) is 0 Å². The van der Waals surface area contributed by atoms with Crippen molar-refractivity contribution in [2.75, 3.05) is 0 Å². The van der Waals surface area contributed by atoms with Gasteiger partial charge in [-0.25, -0.2) is 0 Å². The second-order valence-corrected chi connectivity index (χ2v) is 8.57. The zero-order chi connectivity index (χ0) is 14.5. The third-order valence-corrected chi connectivity index (χ3v) is 7.32. The Morgan fingerprint density at radius 2 is 2.10 bits per heavy atom. The summed E-state index contributed by atoms with van der Waals surface area (Å²) in [5.74, 6) is 0.888. The second kappa shape index (κ2) is 5.00. The van der Waals surface area contributed by atoms with Crippen LogP contribution in [-0.2, 0) is 6.54 Å². The first-order valence-corrected chi connectivity index (χ1v) is 8.69. The van der Waals surface area contributed by atoms with E-state index in [9.17, 15) is 0 Å². The molecule has 0 spiro atoms. The van der Waals surface area contributed by atoms with E-state index in [0.29, 0.717) is 16.9 Å². The fraction of sp³-hybridized carbons (Fsp3) is 0.647. The van der Waals surface area contributed by atoms with Gasteiger partial charge in [0, 0.05) is 22.1 Å². The summed E-state index contributed by atoms with van der Waals surface area (Å²) in [4.78, 5) is 0. The van der Waals surface area contributed by atoms with Crippen molar-refractivity contribution >= 4 is 27.5 Å². The lowest BCUT2D eigenvalue weighted by Crippen LogP contribution is -2.44. The van der Waals surface area contributed by atoms with Crippen LogP contribution in [0.25, 0.3) is 0 Å². The maximum Gasteiger partial charge on any atom is 0.0417 e. The minimum atomic E-state index is 0.441. The molecule has 0 aliphatic heterocycles. The Hall–Kier alpha value is -0.0500. The van der Waals surface area contributed by atoms with Gasteiger partial charge >= 0.3 is 0 Å². The number of nitrogens with one attached hydrogen (secondary N) is 1. The van der Waals surface area contributed by atoms with Crippen molar-refractivity contribution in [3.63, 3.8) is 0 Å². The zero-order valence-corrected chi connectivity index (χ0v) is 14.8. The highest BCUT2D eigenvalue weighted by Crippen LogP contribution is 2.65. The van der Waals surface area contributed by atoms with E-state index in [1.165, 1.54) is 24.8 Å². The Balaban J connectivity index is 1.71. The topological polar surface area (TPSA) is 12.0 Å². The van der Waals surface area contributed by atoms with Gasteiger partial charge in [0.25, 0.3) is 0 Å².